The predicted octanol–water partition coefficient (Wildman–Crippen LogP) is 1.36. The van der Waals surface area contributed by atoms with Gasteiger partial charge in [0.15, 0.2) is 6.04 Å². The molecule has 0 spiro atoms. The van der Waals surface area contributed by atoms with Crippen LogP contribution in [-0.4, -0.2) is 45.3 Å². The number of aromatic nitrogens is 4. The fourth-order valence-electron chi connectivity index (χ4n) is 3.18. The van der Waals surface area contributed by atoms with Crippen molar-refractivity contribution in [3.8, 4) is 0 Å². The maximum Gasteiger partial charge on any atom is 0.282 e. The van der Waals surface area contributed by atoms with Crippen molar-refractivity contribution in [2.45, 2.75) is 37.8 Å². The molecule has 0 amide bonds. The van der Waals surface area contributed by atoms with Crippen LogP contribution in [0.4, 0.5) is 14.6 Å². The Morgan fingerprint density at radius 2 is 2.05 bits per heavy atom. The molecule has 1 saturated heterocycles. The molecule has 0 atom stereocenters. The summed E-state index contributed by atoms with van der Waals surface area (Å²) in [6.45, 7) is 1.17. The topological polar surface area (TPSA) is 68.9 Å². The smallest absolute Gasteiger partial charge is 0.282 e. The van der Waals surface area contributed by atoms with Gasteiger partial charge in [0.2, 0.25) is 16.6 Å². The Kier molecular flexibility index (Phi) is 2.87. The van der Waals surface area contributed by atoms with E-state index in [1.165, 1.54) is 4.90 Å². The average Bonchev–Trinajstić information content (AvgIpc) is 2.68. The second-order valence-corrected chi connectivity index (χ2v) is 6.44. The van der Waals surface area contributed by atoms with E-state index in [2.05, 4.69) is 15.1 Å². The third kappa shape index (κ3) is 2.04. The molecular weight excluding hydrogens is 316 g/mol. The average molecular weight is 331 g/mol. The first-order chi connectivity index (χ1) is 10.3. The van der Waals surface area contributed by atoms with Crippen LogP contribution in [0.1, 0.15) is 24.6 Å². The highest BCUT2D eigenvalue weighted by Crippen LogP contribution is 2.36. The van der Waals surface area contributed by atoms with Gasteiger partial charge in [0, 0.05) is 19.8 Å². The van der Waals surface area contributed by atoms with Gasteiger partial charge in [-0.2, -0.15) is 9.97 Å². The van der Waals surface area contributed by atoms with E-state index in [0.29, 0.717) is 29.7 Å². The van der Waals surface area contributed by atoms with E-state index in [4.69, 9.17) is 11.6 Å². The number of aromatic amines is 1. The Bertz CT molecular complexity index is 750. The standard InChI is InChI=1S/C13H14ClF2N5O/c1-6-9-10(19-21(6)7-2-8(22)3-7)17-12(14)18-11(9)20-4-13(15,16)5-20/h7-8,22H,2-5H2,1H3/p+1. The zero-order valence-electron chi connectivity index (χ0n) is 11.9. The van der Waals surface area contributed by atoms with Gasteiger partial charge < -0.3 is 10.0 Å². The van der Waals surface area contributed by atoms with Crippen LogP contribution < -0.4 is 9.58 Å². The second kappa shape index (κ2) is 4.48. The summed E-state index contributed by atoms with van der Waals surface area (Å²) in [5.41, 5.74) is 1.40. The van der Waals surface area contributed by atoms with E-state index >= 15 is 0 Å². The van der Waals surface area contributed by atoms with Gasteiger partial charge in [0.25, 0.3) is 5.92 Å². The quantitative estimate of drug-likeness (QED) is 0.644. The van der Waals surface area contributed by atoms with E-state index in [0.717, 1.165) is 5.69 Å². The summed E-state index contributed by atoms with van der Waals surface area (Å²) >= 11 is 5.93. The molecule has 2 N–H and O–H groups in total. The van der Waals surface area contributed by atoms with Crippen molar-refractivity contribution >= 4 is 28.5 Å². The third-order valence-corrected chi connectivity index (χ3v) is 4.58. The molecule has 2 aromatic heterocycles. The van der Waals surface area contributed by atoms with Crippen molar-refractivity contribution in [1.29, 1.82) is 0 Å². The Morgan fingerprint density at radius 3 is 2.64 bits per heavy atom. The van der Waals surface area contributed by atoms with Crippen molar-refractivity contribution in [3.05, 3.63) is 11.0 Å². The van der Waals surface area contributed by atoms with Crippen molar-refractivity contribution in [2.24, 2.45) is 0 Å². The van der Waals surface area contributed by atoms with Gasteiger partial charge in [-0.3, -0.25) is 0 Å². The first-order valence-electron chi connectivity index (χ1n) is 7.12. The lowest BCUT2D eigenvalue weighted by Gasteiger charge is -2.39. The fraction of sp³-hybridized carbons (Fsp3) is 0.615. The van der Waals surface area contributed by atoms with Gasteiger partial charge >= 0.3 is 0 Å². The predicted molar refractivity (Wildman–Crippen MR) is 75.3 cm³/mol. The molecule has 22 heavy (non-hydrogen) atoms. The molecule has 2 fully saturated rings. The number of nitrogens with one attached hydrogen (secondary N) is 1. The van der Waals surface area contributed by atoms with Crippen molar-refractivity contribution in [2.75, 3.05) is 18.0 Å². The molecule has 0 bridgehead atoms. The molecule has 2 aliphatic rings. The van der Waals surface area contributed by atoms with Gasteiger partial charge in [-0.1, -0.05) is 0 Å². The van der Waals surface area contributed by atoms with Crippen LogP contribution in [0.2, 0.25) is 5.28 Å². The lowest BCUT2D eigenvalue weighted by molar-refractivity contribution is -0.788. The maximum absolute atomic E-state index is 13.2. The highest BCUT2D eigenvalue weighted by atomic mass is 35.5. The minimum absolute atomic E-state index is 0.0276. The summed E-state index contributed by atoms with van der Waals surface area (Å²) in [6.07, 6.45) is 1.04. The minimum atomic E-state index is -2.68. The largest absolute Gasteiger partial charge is 0.393 e. The lowest BCUT2D eigenvalue weighted by atomic mass is 9.89. The van der Waals surface area contributed by atoms with Gasteiger partial charge in [-0.05, 0) is 11.6 Å². The highest BCUT2D eigenvalue weighted by molar-refractivity contribution is 6.28. The molecule has 2 aromatic rings. The number of anilines is 1. The number of aliphatic hydroxyl groups is 1. The molecule has 0 aromatic carbocycles. The van der Waals surface area contributed by atoms with Crippen LogP contribution in [0, 0.1) is 6.92 Å². The number of halogens is 3. The number of fused-ring (bicyclic) bond motifs is 1. The van der Waals surface area contributed by atoms with Gasteiger partial charge in [0.1, 0.15) is 11.2 Å². The molecule has 1 saturated carbocycles. The summed E-state index contributed by atoms with van der Waals surface area (Å²) in [6, 6.07) is 0.161. The summed E-state index contributed by atoms with van der Waals surface area (Å²) in [7, 11) is 0. The maximum atomic E-state index is 13.2. The van der Waals surface area contributed by atoms with E-state index in [1.807, 2.05) is 11.6 Å². The second-order valence-electron chi connectivity index (χ2n) is 6.10. The normalized spacial score (nSPS) is 26.9. The Labute approximate surface area is 129 Å². The first kappa shape index (κ1) is 14.1. The molecule has 0 radical (unpaired) electrons. The van der Waals surface area contributed by atoms with E-state index in [1.54, 1.807) is 0 Å². The van der Waals surface area contributed by atoms with Crippen LogP contribution in [0.3, 0.4) is 0 Å². The van der Waals surface area contributed by atoms with Crippen LogP contribution in [0.5, 0.6) is 0 Å². The van der Waals surface area contributed by atoms with Crippen LogP contribution >= 0.6 is 11.6 Å². The molecule has 3 heterocycles. The van der Waals surface area contributed by atoms with E-state index in [9.17, 15) is 13.9 Å². The number of aryl methyl sites for hydroxylation is 1. The van der Waals surface area contributed by atoms with Crippen molar-refractivity contribution in [1.82, 2.24) is 15.1 Å². The van der Waals surface area contributed by atoms with Crippen molar-refractivity contribution in [3.63, 3.8) is 0 Å². The molecule has 118 valence electrons. The van der Waals surface area contributed by atoms with E-state index < -0.39 is 5.92 Å². The first-order valence-corrected chi connectivity index (χ1v) is 7.50. The number of hydrogen-bond donors (Lipinski definition) is 2. The fourth-order valence-corrected chi connectivity index (χ4v) is 3.35. The molecular formula is C13H15ClF2N5O+. The van der Waals surface area contributed by atoms with Crippen molar-refractivity contribution < 1.29 is 18.6 Å². The molecule has 1 aliphatic heterocycles. The number of aliphatic hydroxyl groups excluding tert-OH is 1. The summed E-state index contributed by atoms with van der Waals surface area (Å²) in [4.78, 5) is 9.81. The number of alkyl halides is 2. The summed E-state index contributed by atoms with van der Waals surface area (Å²) in [5.74, 6) is -2.24. The number of nitrogens with zero attached hydrogens (tertiary/aromatic N) is 4. The molecule has 1 aliphatic carbocycles. The third-order valence-electron chi connectivity index (χ3n) is 4.41. The molecule has 9 heteroatoms. The summed E-state index contributed by atoms with van der Waals surface area (Å²) in [5, 5.41) is 13.4. The van der Waals surface area contributed by atoms with Gasteiger partial charge in [-0.15, -0.1) is 9.78 Å². The van der Waals surface area contributed by atoms with Gasteiger partial charge in [-0.25, -0.2) is 8.78 Å². The molecule has 0 unspecified atom stereocenters. The number of H-pyrrole nitrogens is 1. The monoisotopic (exact) mass is 330 g/mol. The Hall–Kier alpha value is -1.54. The van der Waals surface area contributed by atoms with Crippen LogP contribution in [0.15, 0.2) is 0 Å². The summed E-state index contributed by atoms with van der Waals surface area (Å²) < 4.78 is 28.2. The zero-order valence-corrected chi connectivity index (χ0v) is 12.6. The van der Waals surface area contributed by atoms with Crippen LogP contribution in [0.25, 0.3) is 11.0 Å². The zero-order chi connectivity index (χ0) is 15.6. The van der Waals surface area contributed by atoms with Crippen LogP contribution in [-0.2, 0) is 0 Å². The number of hydrogen-bond acceptors (Lipinski definition) is 4. The molecule has 6 nitrogen and oxygen atoms in total. The minimum Gasteiger partial charge on any atom is -0.393 e. The number of rotatable bonds is 2. The Morgan fingerprint density at radius 1 is 1.36 bits per heavy atom. The highest BCUT2D eigenvalue weighted by Gasteiger charge is 2.46. The lowest BCUT2D eigenvalue weighted by Crippen LogP contribution is -2.56. The van der Waals surface area contributed by atoms with Gasteiger partial charge in [0.05, 0.1) is 19.2 Å². The van der Waals surface area contributed by atoms with E-state index in [-0.39, 0.29) is 30.5 Å². The Balaban J connectivity index is 1.79. The molecule has 4 rings (SSSR count). The SMILES string of the molecule is Cc1c2c(N3CC(F)(F)C3)nc(Cl)nc2[nH][n+]1C1CC(O)C1.